The monoisotopic (exact) mass is 228 g/mol. The summed E-state index contributed by atoms with van der Waals surface area (Å²) in [5.74, 6) is -1.38. The minimum atomic E-state index is -1.38. The smallest absolute Gasteiger partial charge is 0.143 e. The van der Waals surface area contributed by atoms with Gasteiger partial charge in [0.25, 0.3) is 0 Å². The molecule has 0 saturated carbocycles. The highest BCUT2D eigenvalue weighted by molar-refractivity contribution is 5.72. The zero-order chi connectivity index (χ0) is 12.5. The Kier molecular flexibility index (Phi) is 2.85. The van der Waals surface area contributed by atoms with Crippen LogP contribution in [0.3, 0.4) is 0 Å². The topological polar surface area (TPSA) is 104 Å². The van der Waals surface area contributed by atoms with Gasteiger partial charge in [-0.3, -0.25) is 17.2 Å². The van der Waals surface area contributed by atoms with E-state index in [1.54, 1.807) is 12.1 Å². The Morgan fingerprint density at radius 1 is 0.824 bits per heavy atom. The predicted octanol–water partition coefficient (Wildman–Crippen LogP) is 0.922. The highest BCUT2D eigenvalue weighted by Crippen LogP contribution is 2.28. The maximum absolute atomic E-state index is 5.79. The van der Waals surface area contributed by atoms with Gasteiger partial charge in [0.1, 0.15) is 5.79 Å². The van der Waals surface area contributed by atoms with Gasteiger partial charge in [0, 0.05) is 11.3 Å². The third-order valence-corrected chi connectivity index (χ3v) is 2.59. The predicted molar refractivity (Wildman–Crippen MR) is 70.5 cm³/mol. The largest absolute Gasteiger partial charge is 0.399 e. The Hall–Kier alpha value is -1.88. The average molecular weight is 228 g/mol. The normalized spacial score (nSPS) is 11.5. The molecule has 0 amide bonds. The van der Waals surface area contributed by atoms with Crippen LogP contribution in [0.15, 0.2) is 48.5 Å². The zero-order valence-corrected chi connectivity index (χ0v) is 9.43. The Morgan fingerprint density at radius 3 is 2.06 bits per heavy atom. The third kappa shape index (κ3) is 2.45. The minimum Gasteiger partial charge on any atom is -0.399 e. The molecule has 0 aliphatic rings. The number of nitrogen functional groups attached to an aromatic ring is 1. The van der Waals surface area contributed by atoms with Gasteiger partial charge in [-0.25, -0.2) is 0 Å². The van der Waals surface area contributed by atoms with Crippen molar-refractivity contribution in [1.82, 2.24) is 0 Å². The van der Waals surface area contributed by atoms with Crippen LogP contribution in [0.1, 0.15) is 5.56 Å². The van der Waals surface area contributed by atoms with Crippen LogP contribution in [0.4, 0.5) is 5.69 Å². The maximum atomic E-state index is 5.79. The second-order valence-electron chi connectivity index (χ2n) is 4.10. The van der Waals surface area contributed by atoms with Crippen molar-refractivity contribution < 1.29 is 0 Å². The molecule has 0 radical (unpaired) electrons. The van der Waals surface area contributed by atoms with E-state index in [4.69, 9.17) is 22.9 Å². The van der Waals surface area contributed by atoms with Gasteiger partial charge in [0.05, 0.1) is 0 Å². The average Bonchev–Trinajstić information content (AvgIpc) is 2.28. The standard InChI is InChI=1S/C13H16N4/c14-10-6-7-12(13(15,16)17)11(8-10)9-4-2-1-3-5-9/h1-8H,14-17H2. The van der Waals surface area contributed by atoms with Gasteiger partial charge in [0.2, 0.25) is 0 Å². The molecule has 2 aromatic carbocycles. The van der Waals surface area contributed by atoms with Crippen molar-refractivity contribution in [2.24, 2.45) is 17.2 Å². The fraction of sp³-hybridized carbons (Fsp3) is 0.0769. The first-order chi connectivity index (χ1) is 7.98. The number of benzene rings is 2. The van der Waals surface area contributed by atoms with Crippen LogP contribution in [0.2, 0.25) is 0 Å². The van der Waals surface area contributed by atoms with Crippen molar-refractivity contribution in [2.75, 3.05) is 5.73 Å². The first-order valence-electron chi connectivity index (χ1n) is 5.30. The van der Waals surface area contributed by atoms with Crippen LogP contribution in [0, 0.1) is 0 Å². The van der Waals surface area contributed by atoms with E-state index in [9.17, 15) is 0 Å². The molecule has 2 rings (SSSR count). The molecule has 8 N–H and O–H groups in total. The molecule has 2 aromatic rings. The van der Waals surface area contributed by atoms with Crippen molar-refractivity contribution in [3.05, 3.63) is 54.1 Å². The second-order valence-corrected chi connectivity index (χ2v) is 4.10. The van der Waals surface area contributed by atoms with E-state index in [2.05, 4.69) is 0 Å². The Balaban J connectivity index is 2.64. The Bertz CT molecular complexity index is 515. The first kappa shape index (κ1) is 11.6. The summed E-state index contributed by atoms with van der Waals surface area (Å²) >= 11 is 0. The summed E-state index contributed by atoms with van der Waals surface area (Å²) in [4.78, 5) is 0. The molecule has 88 valence electrons. The second kappa shape index (κ2) is 4.18. The van der Waals surface area contributed by atoms with Crippen LogP contribution in [-0.4, -0.2) is 0 Å². The molecule has 0 unspecified atom stereocenters. The molecule has 17 heavy (non-hydrogen) atoms. The van der Waals surface area contributed by atoms with Crippen LogP contribution in [0.25, 0.3) is 11.1 Å². The highest BCUT2D eigenvalue weighted by Gasteiger charge is 2.20. The molecular weight excluding hydrogens is 212 g/mol. The van der Waals surface area contributed by atoms with Crippen LogP contribution >= 0.6 is 0 Å². The highest BCUT2D eigenvalue weighted by atomic mass is 15.1. The van der Waals surface area contributed by atoms with Crippen molar-refractivity contribution in [2.45, 2.75) is 5.79 Å². The van der Waals surface area contributed by atoms with Gasteiger partial charge >= 0.3 is 0 Å². The van der Waals surface area contributed by atoms with Gasteiger partial charge in [0.15, 0.2) is 0 Å². The molecule has 0 aliphatic carbocycles. The van der Waals surface area contributed by atoms with Crippen molar-refractivity contribution in [1.29, 1.82) is 0 Å². The lowest BCUT2D eigenvalue weighted by Crippen LogP contribution is -2.54. The molecule has 0 aromatic heterocycles. The van der Waals surface area contributed by atoms with Crippen LogP contribution < -0.4 is 22.9 Å². The van der Waals surface area contributed by atoms with Crippen LogP contribution in [-0.2, 0) is 5.79 Å². The quantitative estimate of drug-likeness (QED) is 0.453. The van der Waals surface area contributed by atoms with Gasteiger partial charge in [-0.2, -0.15) is 0 Å². The molecule has 0 aliphatic heterocycles. The van der Waals surface area contributed by atoms with E-state index in [0.29, 0.717) is 11.3 Å². The Morgan fingerprint density at radius 2 is 1.47 bits per heavy atom. The van der Waals surface area contributed by atoms with E-state index in [1.165, 1.54) is 0 Å². The molecule has 0 saturated heterocycles. The summed E-state index contributed by atoms with van der Waals surface area (Å²) in [6, 6.07) is 15.1. The molecule has 4 nitrogen and oxygen atoms in total. The van der Waals surface area contributed by atoms with Crippen molar-refractivity contribution in [3.63, 3.8) is 0 Å². The summed E-state index contributed by atoms with van der Waals surface area (Å²) < 4.78 is 0. The number of hydrogen-bond donors (Lipinski definition) is 4. The summed E-state index contributed by atoms with van der Waals surface area (Å²) in [5, 5.41) is 0. The molecule has 0 fully saturated rings. The Labute approximate surface area is 100 Å². The number of hydrogen-bond acceptors (Lipinski definition) is 4. The molecule has 4 heteroatoms. The van der Waals surface area contributed by atoms with Crippen LogP contribution in [0.5, 0.6) is 0 Å². The van der Waals surface area contributed by atoms with E-state index >= 15 is 0 Å². The molecule has 0 atom stereocenters. The molecule has 0 spiro atoms. The molecule has 0 bridgehead atoms. The molecule has 0 heterocycles. The first-order valence-corrected chi connectivity index (χ1v) is 5.30. The van der Waals surface area contributed by atoms with Crippen molar-refractivity contribution >= 4 is 5.69 Å². The fourth-order valence-electron chi connectivity index (χ4n) is 1.80. The lowest BCUT2D eigenvalue weighted by molar-refractivity contribution is 0.490. The van der Waals surface area contributed by atoms with E-state index in [-0.39, 0.29) is 0 Å². The van der Waals surface area contributed by atoms with Gasteiger partial charge < -0.3 is 5.73 Å². The summed E-state index contributed by atoms with van der Waals surface area (Å²) in [6.45, 7) is 0. The lowest BCUT2D eigenvalue weighted by atomic mass is 9.95. The number of anilines is 1. The van der Waals surface area contributed by atoms with E-state index in [0.717, 1.165) is 11.1 Å². The van der Waals surface area contributed by atoms with E-state index in [1.807, 2.05) is 36.4 Å². The van der Waals surface area contributed by atoms with Crippen molar-refractivity contribution in [3.8, 4) is 11.1 Å². The zero-order valence-electron chi connectivity index (χ0n) is 9.43. The van der Waals surface area contributed by atoms with Gasteiger partial charge in [-0.1, -0.05) is 36.4 Å². The van der Waals surface area contributed by atoms with Gasteiger partial charge in [-0.05, 0) is 23.3 Å². The summed E-state index contributed by atoms with van der Waals surface area (Å²) in [5.41, 5.74) is 26.2. The summed E-state index contributed by atoms with van der Waals surface area (Å²) in [6.07, 6.45) is 0. The summed E-state index contributed by atoms with van der Waals surface area (Å²) in [7, 11) is 0. The maximum Gasteiger partial charge on any atom is 0.143 e. The van der Waals surface area contributed by atoms with Gasteiger partial charge in [-0.15, -0.1) is 0 Å². The minimum absolute atomic E-state index is 0.650. The lowest BCUT2D eigenvalue weighted by Gasteiger charge is -2.23. The number of nitrogens with two attached hydrogens (primary N) is 4. The third-order valence-electron chi connectivity index (χ3n) is 2.59. The fourth-order valence-corrected chi connectivity index (χ4v) is 1.80. The van der Waals surface area contributed by atoms with E-state index < -0.39 is 5.79 Å². The number of rotatable bonds is 2. The SMILES string of the molecule is Nc1ccc(C(N)(N)N)c(-c2ccccc2)c1. The molecular formula is C13H16N4.